The molecule has 0 unspecified atom stereocenters. The number of carbonyl (C=O) groups excluding carboxylic acids is 1. The molecule has 3 rings (SSSR count). The fourth-order valence-electron chi connectivity index (χ4n) is 3.90. The van der Waals surface area contributed by atoms with Crippen LogP contribution in [0, 0.1) is 5.92 Å². The van der Waals surface area contributed by atoms with Crippen molar-refractivity contribution in [2.45, 2.75) is 64.7 Å². The van der Waals surface area contributed by atoms with Crippen LogP contribution >= 0.6 is 0 Å². The highest BCUT2D eigenvalue weighted by atomic mass is 16.1. The standard InChI is InChI=1S/C24H30O/c1-3-4-5-6-19-8-10-20(11-9-19)21-12-14-22(15-13-21)23-16-7-18(2)17-24(23)25/h8-15,18,23H,3-7,16-17H2,1-2H3/t18-,23+/m1/s1. The van der Waals surface area contributed by atoms with Gasteiger partial charge >= 0.3 is 0 Å². The molecule has 2 atom stereocenters. The first kappa shape index (κ1) is 17.9. The fraction of sp³-hybridized carbons (Fsp3) is 0.458. The average Bonchev–Trinajstić information content (AvgIpc) is 2.63. The third-order valence-electron chi connectivity index (χ3n) is 5.56. The molecule has 0 heterocycles. The van der Waals surface area contributed by atoms with E-state index in [2.05, 4.69) is 62.4 Å². The first-order valence-corrected chi connectivity index (χ1v) is 9.89. The zero-order valence-corrected chi connectivity index (χ0v) is 15.6. The van der Waals surface area contributed by atoms with Crippen LogP contribution in [0.25, 0.3) is 11.1 Å². The molecule has 0 N–H and O–H groups in total. The molecule has 1 fully saturated rings. The fourth-order valence-corrected chi connectivity index (χ4v) is 3.90. The minimum absolute atomic E-state index is 0.117. The topological polar surface area (TPSA) is 17.1 Å². The number of hydrogen-bond donors (Lipinski definition) is 0. The monoisotopic (exact) mass is 334 g/mol. The lowest BCUT2D eigenvalue weighted by Gasteiger charge is -2.25. The molecule has 0 bridgehead atoms. The van der Waals surface area contributed by atoms with Crippen molar-refractivity contribution in [2.75, 3.05) is 0 Å². The van der Waals surface area contributed by atoms with Gasteiger partial charge in [-0.3, -0.25) is 4.79 Å². The molecule has 25 heavy (non-hydrogen) atoms. The molecule has 2 aromatic carbocycles. The Balaban J connectivity index is 1.67. The van der Waals surface area contributed by atoms with Crippen LogP contribution in [-0.4, -0.2) is 5.78 Å². The smallest absolute Gasteiger partial charge is 0.140 e. The normalized spacial score (nSPS) is 20.6. The van der Waals surface area contributed by atoms with Crippen LogP contribution in [0.3, 0.4) is 0 Å². The van der Waals surface area contributed by atoms with Crippen LogP contribution in [-0.2, 0) is 11.2 Å². The first-order valence-electron chi connectivity index (χ1n) is 9.89. The van der Waals surface area contributed by atoms with E-state index >= 15 is 0 Å². The Hall–Kier alpha value is -1.89. The summed E-state index contributed by atoms with van der Waals surface area (Å²) in [6, 6.07) is 17.6. The highest BCUT2D eigenvalue weighted by molar-refractivity contribution is 5.86. The Morgan fingerprint density at radius 3 is 2.12 bits per heavy atom. The molecule has 0 aromatic heterocycles. The van der Waals surface area contributed by atoms with E-state index in [1.165, 1.54) is 47.9 Å². The van der Waals surface area contributed by atoms with Crippen molar-refractivity contribution < 1.29 is 4.79 Å². The van der Waals surface area contributed by atoms with Crippen LogP contribution < -0.4 is 0 Å². The quantitative estimate of drug-likeness (QED) is 0.547. The number of Topliss-reactive ketones (excluding diaryl/α,β-unsaturated/α-hetero) is 1. The largest absolute Gasteiger partial charge is 0.299 e. The highest BCUT2D eigenvalue weighted by Gasteiger charge is 2.27. The highest BCUT2D eigenvalue weighted by Crippen LogP contribution is 2.33. The number of ketones is 1. The minimum atomic E-state index is 0.117. The van der Waals surface area contributed by atoms with Crippen LogP contribution in [0.15, 0.2) is 48.5 Å². The summed E-state index contributed by atoms with van der Waals surface area (Å²) in [4.78, 5) is 12.3. The van der Waals surface area contributed by atoms with E-state index in [1.807, 2.05) is 0 Å². The van der Waals surface area contributed by atoms with E-state index in [-0.39, 0.29) is 5.92 Å². The number of carbonyl (C=O) groups is 1. The molecule has 1 heteroatoms. The Morgan fingerprint density at radius 2 is 1.52 bits per heavy atom. The molecule has 2 aromatic rings. The van der Waals surface area contributed by atoms with Gasteiger partial charge in [0.05, 0.1) is 0 Å². The van der Waals surface area contributed by atoms with Gasteiger partial charge < -0.3 is 0 Å². The van der Waals surface area contributed by atoms with Crippen molar-refractivity contribution in [3.63, 3.8) is 0 Å². The predicted octanol–water partition coefficient (Wildman–Crippen LogP) is 6.56. The molecular formula is C24H30O. The minimum Gasteiger partial charge on any atom is -0.299 e. The van der Waals surface area contributed by atoms with Gasteiger partial charge in [-0.1, -0.05) is 75.2 Å². The van der Waals surface area contributed by atoms with Crippen molar-refractivity contribution in [3.05, 3.63) is 59.7 Å². The third kappa shape index (κ3) is 4.60. The summed E-state index contributed by atoms with van der Waals surface area (Å²) in [5.41, 5.74) is 5.11. The number of aryl methyl sites for hydroxylation is 1. The van der Waals surface area contributed by atoms with E-state index in [9.17, 15) is 4.79 Å². The predicted molar refractivity (Wildman–Crippen MR) is 106 cm³/mol. The average molecular weight is 335 g/mol. The van der Waals surface area contributed by atoms with Crippen molar-refractivity contribution in [1.29, 1.82) is 0 Å². The lowest BCUT2D eigenvalue weighted by Crippen LogP contribution is -2.21. The van der Waals surface area contributed by atoms with Gasteiger partial charge in [0, 0.05) is 12.3 Å². The summed E-state index contributed by atoms with van der Waals surface area (Å²) in [7, 11) is 0. The number of benzene rings is 2. The Labute approximate surface area is 152 Å². The molecule has 0 radical (unpaired) electrons. The molecule has 132 valence electrons. The van der Waals surface area contributed by atoms with E-state index in [4.69, 9.17) is 0 Å². The number of unbranched alkanes of at least 4 members (excludes halogenated alkanes) is 2. The Kier molecular flexibility index (Phi) is 6.07. The lowest BCUT2D eigenvalue weighted by molar-refractivity contribution is -0.123. The van der Waals surface area contributed by atoms with Gasteiger partial charge in [-0.25, -0.2) is 0 Å². The summed E-state index contributed by atoms with van der Waals surface area (Å²) >= 11 is 0. The van der Waals surface area contributed by atoms with Gasteiger partial charge in [-0.15, -0.1) is 0 Å². The van der Waals surface area contributed by atoms with E-state index in [0.29, 0.717) is 11.7 Å². The molecular weight excluding hydrogens is 304 g/mol. The van der Waals surface area contributed by atoms with Gasteiger partial charge in [0.15, 0.2) is 0 Å². The molecule has 1 saturated carbocycles. The van der Waals surface area contributed by atoms with Gasteiger partial charge in [-0.05, 0) is 53.9 Å². The van der Waals surface area contributed by atoms with Crippen LogP contribution in [0.4, 0.5) is 0 Å². The van der Waals surface area contributed by atoms with E-state index in [0.717, 1.165) is 19.3 Å². The molecule has 0 saturated heterocycles. The SMILES string of the molecule is CCCCCc1ccc(-c2ccc([C@@H]3CC[C@@H](C)CC3=O)cc2)cc1. The maximum atomic E-state index is 12.3. The Morgan fingerprint density at radius 1 is 0.880 bits per heavy atom. The second-order valence-corrected chi connectivity index (χ2v) is 7.68. The zero-order valence-electron chi connectivity index (χ0n) is 15.6. The molecule has 1 aliphatic rings. The summed E-state index contributed by atoms with van der Waals surface area (Å²) in [5, 5.41) is 0. The molecule has 0 spiro atoms. The van der Waals surface area contributed by atoms with Gasteiger partial charge in [0.25, 0.3) is 0 Å². The summed E-state index contributed by atoms with van der Waals surface area (Å²) < 4.78 is 0. The summed E-state index contributed by atoms with van der Waals surface area (Å²) in [6.07, 6.45) is 7.94. The van der Waals surface area contributed by atoms with Crippen molar-refractivity contribution in [3.8, 4) is 11.1 Å². The Bertz CT molecular complexity index is 681. The number of hydrogen-bond acceptors (Lipinski definition) is 1. The maximum Gasteiger partial charge on any atom is 0.140 e. The number of rotatable bonds is 6. The van der Waals surface area contributed by atoms with E-state index in [1.54, 1.807) is 0 Å². The van der Waals surface area contributed by atoms with Crippen molar-refractivity contribution in [1.82, 2.24) is 0 Å². The van der Waals surface area contributed by atoms with Crippen molar-refractivity contribution in [2.24, 2.45) is 5.92 Å². The summed E-state index contributed by atoms with van der Waals surface area (Å²) in [5.74, 6) is 1.09. The van der Waals surface area contributed by atoms with Crippen LogP contribution in [0.5, 0.6) is 0 Å². The van der Waals surface area contributed by atoms with Gasteiger partial charge in [-0.2, -0.15) is 0 Å². The molecule has 1 aliphatic carbocycles. The van der Waals surface area contributed by atoms with Crippen molar-refractivity contribution >= 4 is 5.78 Å². The molecule has 0 aliphatic heterocycles. The second-order valence-electron chi connectivity index (χ2n) is 7.68. The second kappa shape index (κ2) is 8.47. The van der Waals surface area contributed by atoms with Crippen LogP contribution in [0.2, 0.25) is 0 Å². The maximum absolute atomic E-state index is 12.3. The lowest BCUT2D eigenvalue weighted by atomic mass is 9.78. The molecule has 1 nitrogen and oxygen atoms in total. The van der Waals surface area contributed by atoms with Gasteiger partial charge in [0.2, 0.25) is 0 Å². The van der Waals surface area contributed by atoms with Crippen LogP contribution in [0.1, 0.15) is 69.4 Å². The van der Waals surface area contributed by atoms with Gasteiger partial charge in [0.1, 0.15) is 5.78 Å². The molecule has 0 amide bonds. The summed E-state index contributed by atoms with van der Waals surface area (Å²) in [6.45, 7) is 4.43. The third-order valence-corrected chi connectivity index (χ3v) is 5.56. The zero-order chi connectivity index (χ0) is 17.6. The van der Waals surface area contributed by atoms with E-state index < -0.39 is 0 Å². The first-order chi connectivity index (χ1) is 12.2.